The second kappa shape index (κ2) is 9.89. The molecule has 4 rings (SSSR count). The molecule has 7 heteroatoms. The third kappa shape index (κ3) is 4.72. The molecule has 1 aliphatic carbocycles. The van der Waals surface area contributed by atoms with Gasteiger partial charge in [-0.1, -0.05) is 41.9 Å². The molecule has 0 saturated carbocycles. The third-order valence-corrected chi connectivity index (χ3v) is 6.46. The molecule has 0 amide bonds. The van der Waals surface area contributed by atoms with Crippen LogP contribution in [0.5, 0.6) is 0 Å². The van der Waals surface area contributed by atoms with Crippen LogP contribution in [0.4, 0.5) is 4.39 Å². The predicted octanol–water partition coefficient (Wildman–Crippen LogP) is 5.03. The summed E-state index contributed by atoms with van der Waals surface area (Å²) in [6, 6.07) is 13.4. The van der Waals surface area contributed by atoms with Gasteiger partial charge in [-0.05, 0) is 48.6 Å². The van der Waals surface area contributed by atoms with E-state index in [0.717, 1.165) is 11.3 Å². The smallest absolute Gasteiger partial charge is 0.336 e. The number of carbonyl (C=O) groups is 2. The molecule has 0 saturated heterocycles. The Balaban J connectivity index is 1.75. The standard InChI is InChI=1S/C26H25ClFNO4/c1-15-23(26(31)33-12-11-32-2)24(16-7-9-18(28)10-8-16)25-21(29-15)13-17(14-22(25)30)19-5-3-4-6-20(19)27/h3-10,17,24,29H,11-14H2,1-2H3/t17-,24-/m0/s1. The van der Waals surface area contributed by atoms with Gasteiger partial charge in [-0.3, -0.25) is 4.79 Å². The monoisotopic (exact) mass is 469 g/mol. The number of halogens is 2. The number of ether oxygens (including phenoxy) is 2. The van der Waals surface area contributed by atoms with E-state index in [2.05, 4.69) is 5.32 Å². The highest BCUT2D eigenvalue weighted by molar-refractivity contribution is 6.31. The highest BCUT2D eigenvalue weighted by atomic mass is 35.5. The van der Waals surface area contributed by atoms with Gasteiger partial charge in [-0.2, -0.15) is 0 Å². The Morgan fingerprint density at radius 3 is 2.55 bits per heavy atom. The Morgan fingerprint density at radius 1 is 1.12 bits per heavy atom. The molecule has 0 bridgehead atoms. The van der Waals surface area contributed by atoms with E-state index in [1.165, 1.54) is 19.2 Å². The van der Waals surface area contributed by atoms with Gasteiger partial charge in [-0.15, -0.1) is 0 Å². The minimum absolute atomic E-state index is 0.0716. The number of ketones is 1. The fraction of sp³-hybridized carbons (Fsp3) is 0.308. The number of nitrogens with one attached hydrogen (secondary N) is 1. The van der Waals surface area contributed by atoms with Crippen molar-refractivity contribution in [1.82, 2.24) is 5.32 Å². The molecule has 2 aromatic carbocycles. The summed E-state index contributed by atoms with van der Waals surface area (Å²) < 4.78 is 24.0. The number of Topliss-reactive ketones (excluding diaryl/α,β-unsaturated/α-hetero) is 1. The van der Waals surface area contributed by atoms with Gasteiger partial charge in [0.25, 0.3) is 0 Å². The number of allylic oxidation sites excluding steroid dienone is 3. The molecule has 0 aromatic heterocycles. The molecule has 1 heterocycles. The lowest BCUT2D eigenvalue weighted by molar-refractivity contribution is -0.140. The normalized spacial score (nSPS) is 20.4. The number of dihydropyridines is 1. The van der Waals surface area contributed by atoms with E-state index in [4.69, 9.17) is 21.1 Å². The Labute approximate surface area is 197 Å². The van der Waals surface area contributed by atoms with Crippen LogP contribution in [0.3, 0.4) is 0 Å². The maximum Gasteiger partial charge on any atom is 0.336 e. The minimum Gasteiger partial charge on any atom is -0.460 e. The molecule has 0 unspecified atom stereocenters. The van der Waals surface area contributed by atoms with Crippen molar-refractivity contribution in [2.24, 2.45) is 0 Å². The van der Waals surface area contributed by atoms with E-state index < -0.39 is 11.9 Å². The molecule has 33 heavy (non-hydrogen) atoms. The Morgan fingerprint density at radius 2 is 1.85 bits per heavy atom. The zero-order valence-electron chi connectivity index (χ0n) is 18.5. The van der Waals surface area contributed by atoms with Gasteiger partial charge in [0.1, 0.15) is 12.4 Å². The van der Waals surface area contributed by atoms with Gasteiger partial charge in [0.2, 0.25) is 0 Å². The summed E-state index contributed by atoms with van der Waals surface area (Å²) in [6.07, 6.45) is 0.846. The van der Waals surface area contributed by atoms with Crippen LogP contribution in [0.2, 0.25) is 5.02 Å². The molecular formula is C26H25ClFNO4. The predicted molar refractivity (Wildman–Crippen MR) is 123 cm³/mol. The van der Waals surface area contributed by atoms with Gasteiger partial charge in [-0.25, -0.2) is 9.18 Å². The van der Waals surface area contributed by atoms with E-state index >= 15 is 0 Å². The van der Waals surface area contributed by atoms with Crippen molar-refractivity contribution >= 4 is 23.4 Å². The first-order chi connectivity index (χ1) is 15.9. The van der Waals surface area contributed by atoms with Crippen LogP contribution in [0, 0.1) is 5.82 Å². The van der Waals surface area contributed by atoms with Gasteiger partial charge in [0.15, 0.2) is 5.78 Å². The lowest BCUT2D eigenvalue weighted by atomic mass is 9.71. The van der Waals surface area contributed by atoms with Crippen LogP contribution in [0.1, 0.15) is 42.7 Å². The molecular weight excluding hydrogens is 445 g/mol. The average molecular weight is 470 g/mol. The average Bonchev–Trinajstić information content (AvgIpc) is 2.79. The fourth-order valence-electron chi connectivity index (χ4n) is 4.62. The highest BCUT2D eigenvalue weighted by Gasteiger charge is 2.41. The van der Waals surface area contributed by atoms with Crippen LogP contribution in [0.15, 0.2) is 71.1 Å². The number of rotatable bonds is 6. The molecule has 2 atom stereocenters. The second-order valence-corrected chi connectivity index (χ2v) is 8.63. The van der Waals surface area contributed by atoms with E-state index in [1.54, 1.807) is 19.1 Å². The number of esters is 1. The fourth-order valence-corrected chi connectivity index (χ4v) is 4.91. The lowest BCUT2D eigenvalue weighted by Crippen LogP contribution is -2.36. The van der Waals surface area contributed by atoms with E-state index in [0.29, 0.717) is 33.9 Å². The van der Waals surface area contributed by atoms with Crippen LogP contribution >= 0.6 is 11.6 Å². The van der Waals surface area contributed by atoms with Crippen molar-refractivity contribution in [1.29, 1.82) is 0 Å². The first-order valence-corrected chi connectivity index (χ1v) is 11.2. The molecule has 2 aromatic rings. The van der Waals surface area contributed by atoms with E-state index in [-0.39, 0.29) is 37.2 Å². The number of hydrogen-bond acceptors (Lipinski definition) is 5. The van der Waals surface area contributed by atoms with Crippen molar-refractivity contribution in [2.75, 3.05) is 20.3 Å². The number of hydrogen-bond donors (Lipinski definition) is 1. The largest absolute Gasteiger partial charge is 0.460 e. The molecule has 5 nitrogen and oxygen atoms in total. The molecule has 0 fully saturated rings. The van der Waals surface area contributed by atoms with Crippen LogP contribution < -0.4 is 5.32 Å². The van der Waals surface area contributed by atoms with Gasteiger partial charge in [0.05, 0.1) is 12.2 Å². The maximum atomic E-state index is 13.7. The van der Waals surface area contributed by atoms with Crippen molar-refractivity contribution in [3.8, 4) is 0 Å². The van der Waals surface area contributed by atoms with Crippen LogP contribution in [0.25, 0.3) is 0 Å². The zero-order chi connectivity index (χ0) is 23.5. The Bertz CT molecular complexity index is 1140. The van der Waals surface area contributed by atoms with Gasteiger partial charge >= 0.3 is 5.97 Å². The molecule has 0 spiro atoms. The van der Waals surface area contributed by atoms with E-state index in [1.807, 2.05) is 24.3 Å². The second-order valence-electron chi connectivity index (χ2n) is 8.22. The first-order valence-electron chi connectivity index (χ1n) is 10.8. The van der Waals surface area contributed by atoms with Crippen LogP contribution in [-0.4, -0.2) is 32.1 Å². The number of methoxy groups -OCH3 is 1. The van der Waals surface area contributed by atoms with Crippen molar-refractivity contribution in [3.63, 3.8) is 0 Å². The minimum atomic E-state index is -0.642. The Kier molecular flexibility index (Phi) is 6.96. The molecule has 1 aliphatic heterocycles. The number of benzene rings is 2. The number of carbonyl (C=O) groups excluding carboxylic acids is 2. The summed E-state index contributed by atoms with van der Waals surface area (Å²) in [5.41, 5.74) is 3.82. The summed E-state index contributed by atoms with van der Waals surface area (Å²) in [5, 5.41) is 3.91. The van der Waals surface area contributed by atoms with Gasteiger partial charge in [0, 0.05) is 41.4 Å². The molecule has 2 aliphatic rings. The zero-order valence-corrected chi connectivity index (χ0v) is 19.2. The Hall–Kier alpha value is -2.96. The van der Waals surface area contributed by atoms with Crippen molar-refractivity contribution in [2.45, 2.75) is 31.6 Å². The summed E-state index contributed by atoms with van der Waals surface area (Å²) in [4.78, 5) is 26.5. The van der Waals surface area contributed by atoms with E-state index in [9.17, 15) is 14.0 Å². The first kappa shape index (κ1) is 23.2. The lowest BCUT2D eigenvalue weighted by Gasteiger charge is -2.36. The topological polar surface area (TPSA) is 64.6 Å². The van der Waals surface area contributed by atoms with Crippen molar-refractivity contribution < 1.29 is 23.5 Å². The quantitative estimate of drug-likeness (QED) is 0.475. The third-order valence-electron chi connectivity index (χ3n) is 6.12. The van der Waals surface area contributed by atoms with Crippen LogP contribution in [-0.2, 0) is 19.1 Å². The molecule has 172 valence electrons. The SMILES string of the molecule is COCCOC(=O)C1=C(C)NC2=C(C(=O)C[C@@H](c3ccccc3Cl)C2)[C@H]1c1ccc(F)cc1. The summed E-state index contributed by atoms with van der Waals surface area (Å²) in [7, 11) is 1.52. The highest BCUT2D eigenvalue weighted by Crippen LogP contribution is 2.46. The summed E-state index contributed by atoms with van der Waals surface area (Å²) in [5.74, 6) is -1.71. The maximum absolute atomic E-state index is 13.7. The van der Waals surface area contributed by atoms with Crippen molar-refractivity contribution in [3.05, 3.63) is 93.0 Å². The van der Waals surface area contributed by atoms with Gasteiger partial charge < -0.3 is 14.8 Å². The molecule has 0 radical (unpaired) electrons. The molecule has 1 N–H and O–H groups in total. The summed E-state index contributed by atoms with van der Waals surface area (Å²) in [6.45, 7) is 2.15. The summed E-state index contributed by atoms with van der Waals surface area (Å²) >= 11 is 6.41.